The zero-order valence-corrected chi connectivity index (χ0v) is 16.2. The number of carbonyl (C=O) groups excluding carboxylic acids is 2. The van der Waals surface area contributed by atoms with Crippen molar-refractivity contribution < 1.29 is 49.8 Å². The summed E-state index contributed by atoms with van der Waals surface area (Å²) in [7, 11) is 0. The molecule has 1 unspecified atom stereocenters. The average molecular weight is 438 g/mol. The smallest absolute Gasteiger partial charge is 0.453 e. The molecule has 1 aliphatic carbocycles. The summed E-state index contributed by atoms with van der Waals surface area (Å²) in [6, 6.07) is 0. The summed E-state index contributed by atoms with van der Waals surface area (Å²) in [5, 5.41) is 0. The molecule has 1 saturated carbocycles. The Kier molecular flexibility index (Phi) is 8.36. The van der Waals surface area contributed by atoms with Crippen LogP contribution in [0.5, 0.6) is 0 Å². The third-order valence-corrected chi connectivity index (χ3v) is 5.00. The van der Waals surface area contributed by atoms with Gasteiger partial charge in [-0.15, -0.1) is 0 Å². The molecule has 1 rings (SSSR count). The van der Waals surface area contributed by atoms with Crippen molar-refractivity contribution in [3.63, 3.8) is 0 Å². The predicted molar refractivity (Wildman–Crippen MR) is 87.5 cm³/mol. The van der Waals surface area contributed by atoms with Gasteiger partial charge in [0.2, 0.25) is 0 Å². The highest BCUT2D eigenvalue weighted by molar-refractivity contribution is 5.83. The number of rotatable bonds is 10. The first kappa shape index (κ1) is 25.5. The highest BCUT2D eigenvalue weighted by atomic mass is 19.4. The van der Waals surface area contributed by atoms with Gasteiger partial charge in [-0.05, 0) is 39.0 Å². The highest BCUT2D eigenvalue weighted by Crippen LogP contribution is 2.43. The molecular weight excluding hydrogens is 413 g/mol. The van der Waals surface area contributed by atoms with E-state index in [9.17, 15) is 40.3 Å². The SMILES string of the molecule is CCC(C)(CC(=O)OC1CCCC1)C(=O)OCCC(F)(F)CC(F)(F)C(F)(F)F. The number of ether oxygens (including phenoxy) is 2. The van der Waals surface area contributed by atoms with E-state index in [4.69, 9.17) is 4.74 Å². The van der Waals surface area contributed by atoms with E-state index in [-0.39, 0.29) is 18.9 Å². The maximum absolute atomic E-state index is 13.5. The van der Waals surface area contributed by atoms with Gasteiger partial charge in [0.05, 0.1) is 24.9 Å². The summed E-state index contributed by atoms with van der Waals surface area (Å²) in [5.41, 5.74) is -1.39. The molecule has 0 heterocycles. The summed E-state index contributed by atoms with van der Waals surface area (Å²) in [6.45, 7) is 1.86. The van der Waals surface area contributed by atoms with Gasteiger partial charge in [-0.25, -0.2) is 8.78 Å². The van der Waals surface area contributed by atoms with E-state index in [1.807, 2.05) is 0 Å². The molecule has 11 heteroatoms. The van der Waals surface area contributed by atoms with Gasteiger partial charge in [-0.1, -0.05) is 6.92 Å². The fourth-order valence-corrected chi connectivity index (χ4v) is 2.87. The third kappa shape index (κ3) is 7.65. The van der Waals surface area contributed by atoms with Crippen LogP contribution in [0.25, 0.3) is 0 Å². The fourth-order valence-electron chi connectivity index (χ4n) is 2.87. The number of esters is 2. The maximum Gasteiger partial charge on any atom is 0.453 e. The second-order valence-corrected chi connectivity index (χ2v) is 7.61. The average Bonchev–Trinajstić information content (AvgIpc) is 3.04. The molecule has 0 spiro atoms. The molecule has 0 saturated heterocycles. The van der Waals surface area contributed by atoms with Crippen LogP contribution in [-0.4, -0.2) is 42.7 Å². The van der Waals surface area contributed by atoms with Crippen LogP contribution in [0.1, 0.15) is 65.2 Å². The van der Waals surface area contributed by atoms with Gasteiger partial charge >= 0.3 is 24.0 Å². The van der Waals surface area contributed by atoms with Crippen molar-refractivity contribution in [1.82, 2.24) is 0 Å². The van der Waals surface area contributed by atoms with Crippen molar-refractivity contribution in [3.8, 4) is 0 Å². The molecule has 1 atom stereocenters. The van der Waals surface area contributed by atoms with Gasteiger partial charge in [0.15, 0.2) is 0 Å². The lowest BCUT2D eigenvalue weighted by atomic mass is 9.84. The van der Waals surface area contributed by atoms with E-state index in [0.29, 0.717) is 0 Å². The Morgan fingerprint density at radius 3 is 2.03 bits per heavy atom. The van der Waals surface area contributed by atoms with Crippen LogP contribution < -0.4 is 0 Å². The fraction of sp³-hybridized carbons (Fsp3) is 0.889. The van der Waals surface area contributed by atoms with E-state index < -0.39 is 54.8 Å². The van der Waals surface area contributed by atoms with E-state index in [2.05, 4.69) is 4.74 Å². The zero-order valence-electron chi connectivity index (χ0n) is 16.2. The Bertz CT molecular complexity index is 571. The Morgan fingerprint density at radius 2 is 1.55 bits per heavy atom. The minimum absolute atomic E-state index is 0.105. The van der Waals surface area contributed by atoms with Crippen LogP contribution >= 0.6 is 0 Å². The van der Waals surface area contributed by atoms with Gasteiger partial charge in [-0.2, -0.15) is 22.0 Å². The number of hydrogen-bond donors (Lipinski definition) is 0. The lowest BCUT2D eigenvalue weighted by Gasteiger charge is -2.27. The molecule has 0 aromatic carbocycles. The summed E-state index contributed by atoms with van der Waals surface area (Å²) >= 11 is 0. The van der Waals surface area contributed by atoms with Crippen molar-refractivity contribution >= 4 is 11.9 Å². The first-order chi connectivity index (χ1) is 13.1. The van der Waals surface area contributed by atoms with Crippen LogP contribution in [-0.2, 0) is 19.1 Å². The molecule has 0 aromatic heterocycles. The second-order valence-electron chi connectivity index (χ2n) is 7.61. The standard InChI is InChI=1S/C18H25F7O4/c1-3-15(2,10-13(26)29-12-6-4-5-7-12)14(27)28-9-8-16(19,20)11-17(21,22)18(23,24)25/h12H,3-11H2,1-2H3. The maximum atomic E-state index is 13.5. The van der Waals surface area contributed by atoms with Crippen molar-refractivity contribution in [2.24, 2.45) is 5.41 Å². The largest absolute Gasteiger partial charge is 0.465 e. The summed E-state index contributed by atoms with van der Waals surface area (Å²) in [6.07, 6.45) is -7.54. The predicted octanol–water partition coefficient (Wildman–Crippen LogP) is 5.43. The first-order valence-corrected chi connectivity index (χ1v) is 9.31. The highest BCUT2D eigenvalue weighted by Gasteiger charge is 2.61. The Morgan fingerprint density at radius 1 is 1.00 bits per heavy atom. The van der Waals surface area contributed by atoms with E-state index in [1.54, 1.807) is 6.92 Å². The summed E-state index contributed by atoms with van der Waals surface area (Å²) in [5.74, 6) is -11.6. The number of hydrogen-bond acceptors (Lipinski definition) is 4. The molecule has 1 fully saturated rings. The van der Waals surface area contributed by atoms with Crippen LogP contribution in [0.3, 0.4) is 0 Å². The third-order valence-electron chi connectivity index (χ3n) is 5.00. The normalized spacial score (nSPS) is 18.4. The molecule has 0 N–H and O–H groups in total. The Labute approximate surface area is 164 Å². The van der Waals surface area contributed by atoms with Crippen molar-refractivity contribution in [1.29, 1.82) is 0 Å². The molecule has 4 nitrogen and oxygen atoms in total. The van der Waals surface area contributed by atoms with Crippen LogP contribution in [0.15, 0.2) is 0 Å². The minimum atomic E-state index is -6.10. The van der Waals surface area contributed by atoms with E-state index in [0.717, 1.165) is 25.7 Å². The topological polar surface area (TPSA) is 52.6 Å². The van der Waals surface area contributed by atoms with Crippen molar-refractivity contribution in [3.05, 3.63) is 0 Å². The van der Waals surface area contributed by atoms with Crippen molar-refractivity contribution in [2.45, 2.75) is 89.3 Å². The Hall–Kier alpha value is -1.55. The lowest BCUT2D eigenvalue weighted by molar-refractivity contribution is -0.301. The van der Waals surface area contributed by atoms with Crippen LogP contribution in [0.2, 0.25) is 0 Å². The summed E-state index contributed by atoms with van der Waals surface area (Å²) < 4.78 is 98.7. The molecule has 170 valence electrons. The monoisotopic (exact) mass is 438 g/mol. The molecule has 0 amide bonds. The van der Waals surface area contributed by atoms with E-state index in [1.165, 1.54) is 6.92 Å². The number of halogens is 7. The van der Waals surface area contributed by atoms with Gasteiger partial charge < -0.3 is 9.47 Å². The molecule has 0 radical (unpaired) electrons. The molecule has 1 aliphatic rings. The molecule has 0 aromatic rings. The Balaban J connectivity index is 2.55. The minimum Gasteiger partial charge on any atom is -0.465 e. The van der Waals surface area contributed by atoms with Gasteiger partial charge in [0, 0.05) is 6.42 Å². The lowest BCUT2D eigenvalue weighted by Crippen LogP contribution is -2.42. The molecule has 0 bridgehead atoms. The first-order valence-electron chi connectivity index (χ1n) is 9.31. The van der Waals surface area contributed by atoms with Crippen LogP contribution in [0, 0.1) is 5.41 Å². The van der Waals surface area contributed by atoms with Gasteiger partial charge in [0.1, 0.15) is 6.10 Å². The molecule has 29 heavy (non-hydrogen) atoms. The van der Waals surface area contributed by atoms with Crippen molar-refractivity contribution in [2.75, 3.05) is 6.61 Å². The van der Waals surface area contributed by atoms with Crippen LogP contribution in [0.4, 0.5) is 30.7 Å². The van der Waals surface area contributed by atoms with Gasteiger partial charge in [-0.3, -0.25) is 9.59 Å². The number of carbonyl (C=O) groups is 2. The summed E-state index contributed by atoms with van der Waals surface area (Å²) in [4.78, 5) is 24.2. The van der Waals surface area contributed by atoms with Gasteiger partial charge in [0.25, 0.3) is 5.92 Å². The quantitative estimate of drug-likeness (QED) is 0.337. The molecular formula is C18H25F7O4. The zero-order chi connectivity index (χ0) is 22.5. The molecule has 0 aliphatic heterocycles. The van der Waals surface area contributed by atoms with E-state index >= 15 is 0 Å². The number of alkyl halides is 7. The second kappa shape index (κ2) is 9.51.